The average Bonchev–Trinajstić information content (AvgIpc) is 2.37. The van der Waals surface area contributed by atoms with Crippen LogP contribution in [0.15, 0.2) is 18.2 Å². The van der Waals surface area contributed by atoms with E-state index < -0.39 is 0 Å². The first-order chi connectivity index (χ1) is 8.49. The lowest BCUT2D eigenvalue weighted by molar-refractivity contribution is -0.122. The summed E-state index contributed by atoms with van der Waals surface area (Å²) in [4.78, 5) is 11.7. The molecule has 1 aromatic rings. The Bertz CT molecular complexity index is 408. The molecule has 2 heteroatoms. The van der Waals surface area contributed by atoms with E-state index in [1.165, 1.54) is 5.56 Å². The fourth-order valence-corrected chi connectivity index (χ4v) is 2.11. The predicted molar refractivity (Wildman–Crippen MR) is 75.2 cm³/mol. The van der Waals surface area contributed by atoms with Gasteiger partial charge in [0.15, 0.2) is 0 Å². The molecule has 0 fully saturated rings. The third kappa shape index (κ3) is 3.59. The maximum atomic E-state index is 11.7. The van der Waals surface area contributed by atoms with E-state index in [0.29, 0.717) is 18.1 Å². The minimum Gasteiger partial charge on any atom is -0.496 e. The average molecular weight is 248 g/mol. The van der Waals surface area contributed by atoms with Crippen molar-refractivity contribution in [2.45, 2.75) is 46.5 Å². The van der Waals surface area contributed by atoms with Gasteiger partial charge in [0, 0.05) is 12.3 Å². The zero-order valence-corrected chi connectivity index (χ0v) is 12.1. The van der Waals surface area contributed by atoms with Gasteiger partial charge in [-0.2, -0.15) is 0 Å². The number of Topliss-reactive ketones (excluding diaryl/α,β-unsaturated/α-hetero) is 1. The predicted octanol–water partition coefficient (Wildman–Crippen LogP) is 3.98. The van der Waals surface area contributed by atoms with Gasteiger partial charge in [0.2, 0.25) is 0 Å². The molecule has 1 aromatic carbocycles. The number of carbonyl (C=O) groups is 1. The van der Waals surface area contributed by atoms with Crippen LogP contribution in [-0.4, -0.2) is 12.9 Å². The number of hydrogen-bond donors (Lipinski definition) is 0. The highest BCUT2D eigenvalue weighted by Gasteiger charge is 2.15. The highest BCUT2D eigenvalue weighted by molar-refractivity contribution is 5.80. The summed E-state index contributed by atoms with van der Waals surface area (Å²) < 4.78 is 5.38. The van der Waals surface area contributed by atoms with Crippen LogP contribution >= 0.6 is 0 Å². The van der Waals surface area contributed by atoms with Gasteiger partial charge in [-0.15, -0.1) is 0 Å². The molecule has 0 saturated carbocycles. The van der Waals surface area contributed by atoms with Crippen LogP contribution < -0.4 is 4.74 Å². The zero-order valence-electron chi connectivity index (χ0n) is 12.1. The Morgan fingerprint density at radius 3 is 2.44 bits per heavy atom. The van der Waals surface area contributed by atoms with Crippen molar-refractivity contribution in [3.63, 3.8) is 0 Å². The van der Waals surface area contributed by atoms with E-state index >= 15 is 0 Å². The number of carbonyl (C=O) groups excluding carboxylic acids is 1. The maximum Gasteiger partial charge on any atom is 0.135 e. The quantitative estimate of drug-likeness (QED) is 0.761. The molecule has 0 saturated heterocycles. The molecular formula is C16H24O2. The van der Waals surface area contributed by atoms with Crippen molar-refractivity contribution in [2.24, 2.45) is 5.92 Å². The van der Waals surface area contributed by atoms with Gasteiger partial charge in [-0.05, 0) is 29.5 Å². The first-order valence-electron chi connectivity index (χ1n) is 6.69. The van der Waals surface area contributed by atoms with Gasteiger partial charge in [0.05, 0.1) is 7.11 Å². The molecule has 0 N–H and O–H groups in total. The Labute approximate surface area is 110 Å². The Morgan fingerprint density at radius 1 is 1.28 bits per heavy atom. The molecule has 0 amide bonds. The highest BCUT2D eigenvalue weighted by atomic mass is 16.5. The molecule has 0 aromatic heterocycles. The van der Waals surface area contributed by atoms with E-state index in [4.69, 9.17) is 4.74 Å². The van der Waals surface area contributed by atoms with Gasteiger partial charge in [0.25, 0.3) is 0 Å². The van der Waals surface area contributed by atoms with Crippen LogP contribution in [0, 0.1) is 5.92 Å². The van der Waals surface area contributed by atoms with Crippen molar-refractivity contribution < 1.29 is 9.53 Å². The summed E-state index contributed by atoms with van der Waals surface area (Å²) in [6, 6.07) is 6.27. The lowest BCUT2D eigenvalue weighted by Gasteiger charge is -2.15. The fourth-order valence-electron chi connectivity index (χ4n) is 2.11. The third-order valence-corrected chi connectivity index (χ3v) is 3.40. The number of benzene rings is 1. The third-order valence-electron chi connectivity index (χ3n) is 3.40. The maximum absolute atomic E-state index is 11.7. The summed E-state index contributed by atoms with van der Waals surface area (Å²) in [5, 5.41) is 0. The molecule has 2 nitrogen and oxygen atoms in total. The molecule has 0 aliphatic rings. The Balaban J connectivity index is 2.97. The molecule has 1 unspecified atom stereocenters. The van der Waals surface area contributed by atoms with Crippen molar-refractivity contribution in [3.05, 3.63) is 29.3 Å². The van der Waals surface area contributed by atoms with Crippen molar-refractivity contribution in [1.29, 1.82) is 0 Å². The molecule has 100 valence electrons. The fraction of sp³-hybridized carbons (Fsp3) is 0.562. The molecule has 0 spiro atoms. The normalized spacial score (nSPS) is 12.6. The zero-order chi connectivity index (χ0) is 13.7. The number of ketones is 1. The summed E-state index contributed by atoms with van der Waals surface area (Å²) in [6.45, 7) is 8.26. The van der Waals surface area contributed by atoms with E-state index in [9.17, 15) is 4.79 Å². The van der Waals surface area contributed by atoms with E-state index in [0.717, 1.165) is 17.7 Å². The first-order valence-corrected chi connectivity index (χ1v) is 6.69. The summed E-state index contributed by atoms with van der Waals surface area (Å²) in [7, 11) is 1.68. The lowest BCUT2D eigenvalue weighted by Crippen LogP contribution is -2.13. The van der Waals surface area contributed by atoms with Crippen LogP contribution in [0.1, 0.15) is 51.2 Å². The largest absolute Gasteiger partial charge is 0.496 e. The second-order valence-corrected chi connectivity index (χ2v) is 5.15. The monoisotopic (exact) mass is 248 g/mol. The van der Waals surface area contributed by atoms with Gasteiger partial charge in [0.1, 0.15) is 11.5 Å². The topological polar surface area (TPSA) is 26.3 Å². The van der Waals surface area contributed by atoms with Gasteiger partial charge in [-0.1, -0.05) is 39.8 Å². The molecule has 0 aliphatic carbocycles. The first kappa shape index (κ1) is 14.7. The Hall–Kier alpha value is -1.31. The van der Waals surface area contributed by atoms with E-state index in [2.05, 4.69) is 26.0 Å². The Kier molecular flexibility index (Phi) is 5.39. The minimum atomic E-state index is 0.0614. The van der Waals surface area contributed by atoms with Crippen LogP contribution in [0.25, 0.3) is 0 Å². The second kappa shape index (κ2) is 6.58. The smallest absolute Gasteiger partial charge is 0.135 e. The molecule has 0 bridgehead atoms. The van der Waals surface area contributed by atoms with E-state index in [1.807, 2.05) is 19.9 Å². The molecule has 0 aliphatic heterocycles. The molecule has 0 radical (unpaired) electrons. The van der Waals surface area contributed by atoms with Gasteiger partial charge >= 0.3 is 0 Å². The van der Waals surface area contributed by atoms with Gasteiger partial charge < -0.3 is 4.74 Å². The standard InChI is InChI=1S/C16H24O2/c1-6-15(17)12(4)9-14-10-13(11(2)3)7-8-16(14)18-5/h7-8,10-12H,6,9H2,1-5H3. The summed E-state index contributed by atoms with van der Waals surface area (Å²) in [5.74, 6) is 1.75. The summed E-state index contributed by atoms with van der Waals surface area (Å²) in [6.07, 6.45) is 1.36. The van der Waals surface area contributed by atoms with Gasteiger partial charge in [-0.3, -0.25) is 4.79 Å². The molecule has 1 rings (SSSR count). The van der Waals surface area contributed by atoms with E-state index in [1.54, 1.807) is 7.11 Å². The second-order valence-electron chi connectivity index (χ2n) is 5.15. The van der Waals surface area contributed by atoms with Crippen LogP contribution in [0.5, 0.6) is 5.75 Å². The van der Waals surface area contributed by atoms with Gasteiger partial charge in [-0.25, -0.2) is 0 Å². The van der Waals surface area contributed by atoms with Crippen molar-refractivity contribution in [2.75, 3.05) is 7.11 Å². The molecule has 18 heavy (non-hydrogen) atoms. The van der Waals surface area contributed by atoms with E-state index in [-0.39, 0.29) is 5.92 Å². The molecule has 1 atom stereocenters. The van der Waals surface area contributed by atoms with Crippen LogP contribution in [0.2, 0.25) is 0 Å². The molecule has 0 heterocycles. The lowest BCUT2D eigenvalue weighted by atomic mass is 9.92. The summed E-state index contributed by atoms with van der Waals surface area (Å²) in [5.41, 5.74) is 2.43. The minimum absolute atomic E-state index is 0.0614. The van der Waals surface area contributed by atoms with Crippen LogP contribution in [0.4, 0.5) is 0 Å². The molecular weight excluding hydrogens is 224 g/mol. The Morgan fingerprint density at radius 2 is 1.94 bits per heavy atom. The SMILES string of the molecule is CCC(=O)C(C)Cc1cc(C(C)C)ccc1OC. The van der Waals surface area contributed by atoms with Crippen LogP contribution in [-0.2, 0) is 11.2 Å². The van der Waals surface area contributed by atoms with Crippen molar-refractivity contribution in [3.8, 4) is 5.75 Å². The number of ether oxygens (including phenoxy) is 1. The number of methoxy groups -OCH3 is 1. The highest BCUT2D eigenvalue weighted by Crippen LogP contribution is 2.26. The van der Waals surface area contributed by atoms with Crippen LogP contribution in [0.3, 0.4) is 0 Å². The van der Waals surface area contributed by atoms with Crippen molar-refractivity contribution >= 4 is 5.78 Å². The number of hydrogen-bond acceptors (Lipinski definition) is 2. The number of rotatable bonds is 6. The summed E-state index contributed by atoms with van der Waals surface area (Å²) >= 11 is 0. The van der Waals surface area contributed by atoms with Crippen molar-refractivity contribution in [1.82, 2.24) is 0 Å².